The summed E-state index contributed by atoms with van der Waals surface area (Å²) in [6, 6.07) is 14.7. The molecule has 3 nitrogen and oxygen atoms in total. The molecule has 0 amide bonds. The fourth-order valence-corrected chi connectivity index (χ4v) is 4.03. The van der Waals surface area contributed by atoms with Gasteiger partial charge in [0.2, 0.25) is 0 Å². The minimum absolute atomic E-state index is 0.296. The van der Waals surface area contributed by atoms with E-state index >= 15 is 0 Å². The van der Waals surface area contributed by atoms with Crippen molar-refractivity contribution in [3.05, 3.63) is 53.8 Å². The Morgan fingerprint density at radius 1 is 1.12 bits per heavy atom. The summed E-state index contributed by atoms with van der Waals surface area (Å²) >= 11 is 0. The van der Waals surface area contributed by atoms with Crippen LogP contribution in [0.1, 0.15) is 36.5 Å². The maximum absolute atomic E-state index is 11.0. The lowest BCUT2D eigenvalue weighted by Gasteiger charge is -2.23. The van der Waals surface area contributed by atoms with Crippen molar-refractivity contribution in [2.45, 2.75) is 31.6 Å². The third-order valence-corrected chi connectivity index (χ3v) is 5.21. The number of aryl methyl sites for hydroxylation is 1. The van der Waals surface area contributed by atoms with Crippen molar-refractivity contribution in [2.24, 2.45) is 0 Å². The highest BCUT2D eigenvalue weighted by molar-refractivity contribution is 6.11. The molecule has 2 heterocycles. The van der Waals surface area contributed by atoms with Gasteiger partial charge in [-0.25, -0.2) is 4.98 Å². The van der Waals surface area contributed by atoms with Crippen LogP contribution in [0.15, 0.2) is 46.9 Å². The number of carbonyl (C=O) groups is 1. The highest BCUT2D eigenvalue weighted by Crippen LogP contribution is 2.37. The Morgan fingerprint density at radius 3 is 2.96 bits per heavy atom. The number of fused-ring (bicyclic) bond motifs is 5. The molecule has 0 N–H and O–H groups in total. The quantitative estimate of drug-likeness (QED) is 0.481. The Kier molecular flexibility index (Phi) is 2.96. The lowest BCUT2D eigenvalue weighted by Crippen LogP contribution is -2.10. The molecule has 4 aromatic rings. The number of aldehydes is 1. The molecule has 1 atom stereocenters. The monoisotopic (exact) mass is 315 g/mol. The second kappa shape index (κ2) is 5.17. The Hall–Kier alpha value is -2.68. The van der Waals surface area contributed by atoms with Gasteiger partial charge in [0, 0.05) is 35.1 Å². The zero-order chi connectivity index (χ0) is 16.1. The van der Waals surface area contributed by atoms with Gasteiger partial charge in [-0.05, 0) is 42.5 Å². The third-order valence-electron chi connectivity index (χ3n) is 5.21. The lowest BCUT2D eigenvalue weighted by molar-refractivity contribution is -0.108. The van der Waals surface area contributed by atoms with Gasteiger partial charge in [0.1, 0.15) is 17.6 Å². The highest BCUT2D eigenvalue weighted by atomic mass is 16.3. The van der Waals surface area contributed by atoms with Gasteiger partial charge in [0.25, 0.3) is 0 Å². The van der Waals surface area contributed by atoms with Gasteiger partial charge in [-0.3, -0.25) is 0 Å². The van der Waals surface area contributed by atoms with E-state index in [1.807, 2.05) is 24.3 Å². The molecule has 118 valence electrons. The molecule has 2 aromatic heterocycles. The molecule has 1 aliphatic rings. The van der Waals surface area contributed by atoms with Crippen molar-refractivity contribution in [3.63, 3.8) is 0 Å². The van der Waals surface area contributed by atoms with Crippen LogP contribution in [-0.2, 0) is 11.2 Å². The summed E-state index contributed by atoms with van der Waals surface area (Å²) in [5.74, 6) is 1.33. The normalized spacial score (nSPS) is 17.4. The molecule has 0 saturated carbocycles. The van der Waals surface area contributed by atoms with Crippen LogP contribution in [0.25, 0.3) is 32.8 Å². The molecule has 0 bridgehead atoms. The molecule has 0 saturated heterocycles. The minimum atomic E-state index is 0.296. The first-order valence-corrected chi connectivity index (χ1v) is 8.52. The van der Waals surface area contributed by atoms with E-state index in [4.69, 9.17) is 9.40 Å². The first-order valence-electron chi connectivity index (χ1n) is 8.52. The average molecular weight is 315 g/mol. The molecular formula is C21H17NO2. The summed E-state index contributed by atoms with van der Waals surface area (Å²) in [4.78, 5) is 15.7. The van der Waals surface area contributed by atoms with Crippen LogP contribution in [-0.4, -0.2) is 11.3 Å². The fraction of sp³-hybridized carbons (Fsp3) is 0.238. The molecular weight excluding hydrogens is 298 g/mol. The molecule has 1 unspecified atom stereocenters. The number of carbonyl (C=O) groups excluding carboxylic acids is 1. The fourth-order valence-electron chi connectivity index (χ4n) is 4.03. The molecule has 5 rings (SSSR count). The highest BCUT2D eigenvalue weighted by Gasteiger charge is 2.23. The molecule has 0 spiro atoms. The first-order chi connectivity index (χ1) is 11.8. The number of aromatic nitrogens is 1. The predicted molar refractivity (Wildman–Crippen MR) is 95.4 cm³/mol. The van der Waals surface area contributed by atoms with Gasteiger partial charge in [0.05, 0.1) is 11.0 Å². The van der Waals surface area contributed by atoms with E-state index < -0.39 is 0 Å². The molecule has 2 aromatic carbocycles. The summed E-state index contributed by atoms with van der Waals surface area (Å²) in [5, 5.41) is 3.43. The SMILES string of the molecule is O=CCC1CCCc2oc3cc4nc5ccccc5c4cc3cc21. The van der Waals surface area contributed by atoms with Crippen molar-refractivity contribution in [1.29, 1.82) is 0 Å². The number of hydrogen-bond donors (Lipinski definition) is 0. The van der Waals surface area contributed by atoms with Crippen molar-refractivity contribution in [3.8, 4) is 0 Å². The minimum Gasteiger partial charge on any atom is -0.461 e. The standard InChI is InChI=1S/C21H17NO2/c23-9-8-13-4-3-7-20-16(13)10-14-11-17-15-5-1-2-6-18(15)22-19(17)12-21(14)24-20/h1-2,5-6,9-13H,3-4,7-8H2. The topological polar surface area (TPSA) is 43.1 Å². The second-order valence-electron chi connectivity index (χ2n) is 6.65. The summed E-state index contributed by atoms with van der Waals surface area (Å²) in [5.41, 5.74) is 4.10. The van der Waals surface area contributed by atoms with Crippen LogP contribution < -0.4 is 0 Å². The van der Waals surface area contributed by atoms with Crippen molar-refractivity contribution in [2.75, 3.05) is 0 Å². The molecule has 1 aliphatic carbocycles. The summed E-state index contributed by atoms with van der Waals surface area (Å²) in [6.45, 7) is 0. The van der Waals surface area contributed by atoms with E-state index in [9.17, 15) is 4.79 Å². The zero-order valence-corrected chi connectivity index (χ0v) is 13.3. The molecule has 3 heteroatoms. The molecule has 0 fully saturated rings. The van der Waals surface area contributed by atoms with Gasteiger partial charge in [-0.2, -0.15) is 0 Å². The Labute approximate surface area is 139 Å². The van der Waals surface area contributed by atoms with Crippen LogP contribution in [0.5, 0.6) is 0 Å². The number of benzene rings is 2. The van der Waals surface area contributed by atoms with Crippen LogP contribution in [0, 0.1) is 0 Å². The number of hydrogen-bond acceptors (Lipinski definition) is 3. The summed E-state index contributed by atoms with van der Waals surface area (Å²) in [6.07, 6.45) is 4.71. The summed E-state index contributed by atoms with van der Waals surface area (Å²) < 4.78 is 6.21. The third kappa shape index (κ3) is 1.97. The maximum Gasteiger partial charge on any atom is 0.136 e. The van der Waals surface area contributed by atoms with E-state index in [1.165, 1.54) is 10.9 Å². The van der Waals surface area contributed by atoms with Crippen LogP contribution >= 0.6 is 0 Å². The maximum atomic E-state index is 11.0. The van der Waals surface area contributed by atoms with E-state index in [-0.39, 0.29) is 0 Å². The molecule has 24 heavy (non-hydrogen) atoms. The van der Waals surface area contributed by atoms with E-state index in [1.54, 1.807) is 0 Å². The van der Waals surface area contributed by atoms with Crippen molar-refractivity contribution >= 4 is 39.1 Å². The molecule has 0 radical (unpaired) electrons. The van der Waals surface area contributed by atoms with Gasteiger partial charge in [-0.15, -0.1) is 0 Å². The van der Waals surface area contributed by atoms with Crippen molar-refractivity contribution < 1.29 is 9.21 Å². The van der Waals surface area contributed by atoms with Gasteiger partial charge >= 0.3 is 0 Å². The Morgan fingerprint density at radius 2 is 2.04 bits per heavy atom. The zero-order valence-electron chi connectivity index (χ0n) is 13.3. The average Bonchev–Trinajstić information content (AvgIpc) is 2.96. The first kappa shape index (κ1) is 13.7. The Bertz CT molecular complexity index is 1090. The number of nitrogens with zero attached hydrogens (tertiary/aromatic N) is 1. The predicted octanol–water partition coefficient (Wildman–Crippen LogP) is 5.14. The van der Waals surface area contributed by atoms with Crippen LogP contribution in [0.2, 0.25) is 0 Å². The largest absolute Gasteiger partial charge is 0.461 e. The smallest absolute Gasteiger partial charge is 0.136 e. The summed E-state index contributed by atoms with van der Waals surface area (Å²) in [7, 11) is 0. The van der Waals surface area contributed by atoms with Crippen LogP contribution in [0.4, 0.5) is 0 Å². The second-order valence-corrected chi connectivity index (χ2v) is 6.65. The lowest BCUT2D eigenvalue weighted by atomic mass is 9.84. The molecule has 0 aliphatic heterocycles. The Balaban J connectivity index is 1.79. The number of para-hydroxylation sites is 1. The van der Waals surface area contributed by atoms with Crippen LogP contribution in [0.3, 0.4) is 0 Å². The van der Waals surface area contributed by atoms with Crippen molar-refractivity contribution in [1.82, 2.24) is 4.98 Å². The van der Waals surface area contributed by atoms with E-state index in [0.717, 1.165) is 58.7 Å². The van der Waals surface area contributed by atoms with E-state index in [2.05, 4.69) is 18.2 Å². The van der Waals surface area contributed by atoms with Gasteiger partial charge in [0.15, 0.2) is 0 Å². The van der Waals surface area contributed by atoms with Gasteiger partial charge in [-0.1, -0.05) is 18.2 Å². The van der Waals surface area contributed by atoms with Gasteiger partial charge < -0.3 is 9.21 Å². The van der Waals surface area contributed by atoms with E-state index in [0.29, 0.717) is 12.3 Å². The number of rotatable bonds is 2.